The van der Waals surface area contributed by atoms with Gasteiger partial charge < -0.3 is 10.2 Å². The molecule has 2 aromatic rings. The largest absolute Gasteiger partial charge is 0.385 e. The predicted molar refractivity (Wildman–Crippen MR) is 52.7 cm³/mol. The minimum atomic E-state index is -1.41. The van der Waals surface area contributed by atoms with E-state index in [1.807, 2.05) is 0 Å². The van der Waals surface area contributed by atoms with Crippen molar-refractivity contribution < 1.29 is 10.2 Å². The molecule has 0 aliphatic rings. The van der Waals surface area contributed by atoms with E-state index in [0.717, 1.165) is 10.9 Å². The third kappa shape index (κ3) is 1.68. The number of fused-ring (bicyclic) bond motifs is 1. The summed E-state index contributed by atoms with van der Waals surface area (Å²) in [5.74, 6) is 0. The number of aliphatic hydroxyl groups is 2. The fraction of sp³-hybridized carbons (Fsp3) is 0.200. The van der Waals surface area contributed by atoms with Crippen LogP contribution in [0.3, 0.4) is 0 Å². The average Bonchev–Trinajstić information content (AvgIpc) is 2.73. The third-order valence-corrected chi connectivity index (χ3v) is 2.24. The van der Waals surface area contributed by atoms with Gasteiger partial charge in [-0.15, -0.1) is 0 Å². The highest BCUT2D eigenvalue weighted by Crippen LogP contribution is 2.20. The smallest absolute Gasteiger partial charge is 0.170 e. The van der Waals surface area contributed by atoms with Crippen molar-refractivity contribution in [3.05, 3.63) is 30.0 Å². The molecule has 0 saturated carbocycles. The minimum Gasteiger partial charge on any atom is -0.385 e. The van der Waals surface area contributed by atoms with Crippen molar-refractivity contribution in [2.24, 2.45) is 0 Å². The summed E-state index contributed by atoms with van der Waals surface area (Å²) in [4.78, 5) is 0. The molecule has 5 heteroatoms. The zero-order valence-electron chi connectivity index (χ0n) is 7.75. The van der Waals surface area contributed by atoms with Crippen LogP contribution in [0.1, 0.15) is 11.7 Å². The Morgan fingerprint density at radius 1 is 1.40 bits per heavy atom. The number of aliphatic hydroxyl groups excluding tert-OH is 2. The first-order chi connectivity index (χ1) is 7.22. The van der Waals surface area contributed by atoms with Gasteiger partial charge in [0, 0.05) is 5.39 Å². The Balaban J connectivity index is 2.40. The second-order valence-corrected chi connectivity index (χ2v) is 3.24. The minimum absolute atomic E-state index is 0.487. The van der Waals surface area contributed by atoms with E-state index in [-0.39, 0.29) is 0 Å². The molecule has 3 N–H and O–H groups in total. The van der Waals surface area contributed by atoms with E-state index in [1.54, 1.807) is 30.5 Å². The molecule has 0 fully saturated rings. The van der Waals surface area contributed by atoms with E-state index >= 15 is 0 Å². The Bertz CT molecular complexity index is 515. The van der Waals surface area contributed by atoms with Crippen molar-refractivity contribution >= 4 is 10.9 Å². The molecule has 1 aromatic carbocycles. The van der Waals surface area contributed by atoms with E-state index < -0.39 is 12.2 Å². The topological polar surface area (TPSA) is 92.9 Å². The number of rotatable bonds is 2. The maximum absolute atomic E-state index is 9.58. The molecule has 15 heavy (non-hydrogen) atoms. The Kier molecular flexibility index (Phi) is 2.37. The number of aromatic amines is 1. The fourth-order valence-corrected chi connectivity index (χ4v) is 1.39. The second-order valence-electron chi connectivity index (χ2n) is 3.24. The number of nitrogens with one attached hydrogen (secondary N) is 1. The summed E-state index contributed by atoms with van der Waals surface area (Å²) in [6.45, 7) is 0. The zero-order chi connectivity index (χ0) is 10.8. The number of benzene rings is 1. The zero-order valence-corrected chi connectivity index (χ0v) is 7.75. The molecule has 0 spiro atoms. The lowest BCUT2D eigenvalue weighted by Gasteiger charge is -2.11. The van der Waals surface area contributed by atoms with Gasteiger partial charge in [-0.05, 0) is 11.6 Å². The van der Waals surface area contributed by atoms with Gasteiger partial charge in [-0.3, -0.25) is 5.10 Å². The van der Waals surface area contributed by atoms with Crippen LogP contribution in [-0.4, -0.2) is 26.5 Å². The summed E-state index contributed by atoms with van der Waals surface area (Å²) in [6, 6.07) is 6.67. The predicted octanol–water partition coefficient (Wildman–Crippen LogP) is 0.481. The van der Waals surface area contributed by atoms with Crippen LogP contribution >= 0.6 is 0 Å². The average molecular weight is 203 g/mol. The molecule has 5 nitrogen and oxygen atoms in total. The van der Waals surface area contributed by atoms with E-state index in [2.05, 4.69) is 10.2 Å². The first-order valence-corrected chi connectivity index (χ1v) is 4.41. The third-order valence-electron chi connectivity index (χ3n) is 2.24. The van der Waals surface area contributed by atoms with Gasteiger partial charge >= 0.3 is 0 Å². The molecule has 0 aliphatic heterocycles. The molecule has 1 aromatic heterocycles. The Morgan fingerprint density at radius 3 is 2.93 bits per heavy atom. The van der Waals surface area contributed by atoms with Crippen molar-refractivity contribution in [2.75, 3.05) is 0 Å². The van der Waals surface area contributed by atoms with Crippen LogP contribution in [0.15, 0.2) is 24.4 Å². The lowest BCUT2D eigenvalue weighted by atomic mass is 10.0. The van der Waals surface area contributed by atoms with Crippen molar-refractivity contribution in [1.29, 1.82) is 5.26 Å². The Morgan fingerprint density at radius 2 is 2.20 bits per heavy atom. The van der Waals surface area contributed by atoms with Crippen molar-refractivity contribution in [1.82, 2.24) is 10.2 Å². The quantitative estimate of drug-likeness (QED) is 0.619. The molecule has 1 heterocycles. The van der Waals surface area contributed by atoms with Crippen LogP contribution in [0.4, 0.5) is 0 Å². The molecule has 2 rings (SSSR count). The van der Waals surface area contributed by atoms with Gasteiger partial charge in [0.05, 0.1) is 17.8 Å². The van der Waals surface area contributed by atoms with Gasteiger partial charge in [0.15, 0.2) is 6.10 Å². The highest BCUT2D eigenvalue weighted by molar-refractivity contribution is 5.78. The first kappa shape index (κ1) is 9.65. The van der Waals surface area contributed by atoms with Gasteiger partial charge in [0.1, 0.15) is 6.10 Å². The normalized spacial score (nSPS) is 14.7. The summed E-state index contributed by atoms with van der Waals surface area (Å²) in [5, 5.41) is 34.7. The lowest BCUT2D eigenvalue weighted by molar-refractivity contribution is 0.0529. The number of aromatic nitrogens is 2. The number of nitriles is 1. The molecular weight excluding hydrogens is 194 g/mol. The molecule has 2 atom stereocenters. The Hall–Kier alpha value is -1.90. The molecule has 76 valence electrons. The fourth-order valence-electron chi connectivity index (χ4n) is 1.39. The van der Waals surface area contributed by atoms with E-state index in [0.29, 0.717) is 5.56 Å². The van der Waals surface area contributed by atoms with Crippen molar-refractivity contribution in [3.63, 3.8) is 0 Å². The van der Waals surface area contributed by atoms with Crippen LogP contribution in [-0.2, 0) is 0 Å². The van der Waals surface area contributed by atoms with Gasteiger partial charge in [-0.2, -0.15) is 10.4 Å². The van der Waals surface area contributed by atoms with Gasteiger partial charge in [0.25, 0.3) is 0 Å². The standard InChI is InChI=1S/C10H9N3O2/c11-4-9(14)10(15)6-1-2-7-5-12-13-8(7)3-6/h1-3,5,9-10,14-15H,(H,12,13). The molecule has 0 saturated heterocycles. The van der Waals surface area contributed by atoms with Crippen LogP contribution < -0.4 is 0 Å². The highest BCUT2D eigenvalue weighted by Gasteiger charge is 2.17. The molecule has 0 aliphatic carbocycles. The summed E-state index contributed by atoms with van der Waals surface area (Å²) >= 11 is 0. The summed E-state index contributed by atoms with van der Waals surface area (Å²) in [5.41, 5.74) is 1.25. The van der Waals surface area contributed by atoms with Crippen LogP contribution in [0.25, 0.3) is 10.9 Å². The first-order valence-electron chi connectivity index (χ1n) is 4.41. The summed E-state index contributed by atoms with van der Waals surface area (Å²) < 4.78 is 0. The van der Waals surface area contributed by atoms with Crippen LogP contribution in [0, 0.1) is 11.3 Å². The number of hydrogen-bond donors (Lipinski definition) is 3. The van der Waals surface area contributed by atoms with Crippen molar-refractivity contribution in [2.45, 2.75) is 12.2 Å². The van der Waals surface area contributed by atoms with Gasteiger partial charge in [0.2, 0.25) is 0 Å². The van der Waals surface area contributed by atoms with Gasteiger partial charge in [-0.1, -0.05) is 12.1 Å². The summed E-state index contributed by atoms with van der Waals surface area (Å²) in [7, 11) is 0. The second kappa shape index (κ2) is 3.69. The Labute approximate surface area is 85.6 Å². The molecule has 0 bridgehead atoms. The number of hydrogen-bond acceptors (Lipinski definition) is 4. The van der Waals surface area contributed by atoms with E-state index in [9.17, 15) is 5.11 Å². The van der Waals surface area contributed by atoms with E-state index in [4.69, 9.17) is 10.4 Å². The molecule has 0 amide bonds. The maximum atomic E-state index is 9.58. The monoisotopic (exact) mass is 203 g/mol. The van der Waals surface area contributed by atoms with Gasteiger partial charge in [-0.25, -0.2) is 0 Å². The number of nitrogens with zero attached hydrogens (tertiary/aromatic N) is 2. The molecule has 0 radical (unpaired) electrons. The lowest BCUT2D eigenvalue weighted by Crippen LogP contribution is -2.15. The highest BCUT2D eigenvalue weighted by atomic mass is 16.3. The van der Waals surface area contributed by atoms with E-state index in [1.165, 1.54) is 0 Å². The van der Waals surface area contributed by atoms with Crippen LogP contribution in [0.5, 0.6) is 0 Å². The SMILES string of the molecule is N#CC(O)C(O)c1ccc2cn[nH]c2c1. The summed E-state index contributed by atoms with van der Waals surface area (Å²) in [6.07, 6.45) is -0.945. The molecular formula is C10H9N3O2. The van der Waals surface area contributed by atoms with Crippen LogP contribution in [0.2, 0.25) is 0 Å². The number of H-pyrrole nitrogens is 1. The maximum Gasteiger partial charge on any atom is 0.170 e. The van der Waals surface area contributed by atoms with Crippen molar-refractivity contribution in [3.8, 4) is 6.07 Å². The molecule has 2 unspecified atom stereocenters.